The van der Waals surface area contributed by atoms with Gasteiger partial charge in [-0.25, -0.2) is 9.37 Å². The number of nitrogens with one attached hydrogen (secondary N) is 1. The molecule has 0 fully saturated rings. The Balaban J connectivity index is 2.04. The largest absolute Gasteiger partial charge is 0.494 e. The van der Waals surface area contributed by atoms with E-state index in [1.165, 1.54) is 13.2 Å². The number of aryl methyl sites for hydroxylation is 1. The van der Waals surface area contributed by atoms with Crippen molar-refractivity contribution in [2.75, 3.05) is 12.4 Å². The van der Waals surface area contributed by atoms with Crippen LogP contribution in [0.5, 0.6) is 5.75 Å². The first-order valence-corrected chi connectivity index (χ1v) is 6.31. The fraction of sp³-hybridized carbons (Fsp3) is 0.357. The van der Waals surface area contributed by atoms with Crippen LogP contribution in [-0.4, -0.2) is 16.7 Å². The van der Waals surface area contributed by atoms with E-state index in [1.807, 2.05) is 12.5 Å². The molecule has 0 spiro atoms. The summed E-state index contributed by atoms with van der Waals surface area (Å²) >= 11 is 0. The van der Waals surface area contributed by atoms with E-state index in [0.717, 1.165) is 24.3 Å². The van der Waals surface area contributed by atoms with Gasteiger partial charge >= 0.3 is 0 Å². The summed E-state index contributed by atoms with van der Waals surface area (Å²) < 4.78 is 20.3. The van der Waals surface area contributed by atoms with E-state index in [9.17, 15) is 4.39 Å². The summed E-state index contributed by atoms with van der Waals surface area (Å²) in [5, 5.41) is 3.24. The van der Waals surface area contributed by atoms with Crippen LogP contribution in [0.4, 0.5) is 10.1 Å². The SMILES string of the molecule is CCCn1cncc1CNc1ccc(F)c(OC)c1. The van der Waals surface area contributed by atoms with Crippen LogP contribution in [0, 0.1) is 5.82 Å². The lowest BCUT2D eigenvalue weighted by molar-refractivity contribution is 0.387. The predicted molar refractivity (Wildman–Crippen MR) is 72.8 cm³/mol. The maximum Gasteiger partial charge on any atom is 0.165 e. The average molecular weight is 263 g/mol. The lowest BCUT2D eigenvalue weighted by Gasteiger charge is -2.10. The summed E-state index contributed by atoms with van der Waals surface area (Å²) in [6.45, 7) is 3.72. The number of halogens is 1. The second kappa shape index (κ2) is 6.22. The van der Waals surface area contributed by atoms with Crippen molar-refractivity contribution in [3.8, 4) is 5.75 Å². The highest BCUT2D eigenvalue weighted by atomic mass is 19.1. The smallest absolute Gasteiger partial charge is 0.165 e. The van der Waals surface area contributed by atoms with Crippen LogP contribution in [-0.2, 0) is 13.1 Å². The molecule has 0 aliphatic heterocycles. The second-order valence-electron chi connectivity index (χ2n) is 4.28. The molecule has 19 heavy (non-hydrogen) atoms. The Labute approximate surface area is 112 Å². The Morgan fingerprint density at radius 2 is 2.26 bits per heavy atom. The lowest BCUT2D eigenvalue weighted by Crippen LogP contribution is -2.07. The maximum atomic E-state index is 13.3. The second-order valence-corrected chi connectivity index (χ2v) is 4.28. The Kier molecular flexibility index (Phi) is 4.39. The lowest BCUT2D eigenvalue weighted by atomic mass is 10.3. The molecule has 2 rings (SSSR count). The van der Waals surface area contributed by atoms with Crippen LogP contribution in [0.1, 0.15) is 19.0 Å². The van der Waals surface area contributed by atoms with Gasteiger partial charge in [0, 0.05) is 24.5 Å². The van der Waals surface area contributed by atoms with Gasteiger partial charge in [0.25, 0.3) is 0 Å². The highest BCUT2D eigenvalue weighted by Crippen LogP contribution is 2.21. The summed E-state index contributed by atoms with van der Waals surface area (Å²) in [4.78, 5) is 4.14. The number of imidazole rings is 1. The zero-order chi connectivity index (χ0) is 13.7. The number of hydrogen-bond donors (Lipinski definition) is 1. The molecule has 0 bridgehead atoms. The van der Waals surface area contributed by atoms with Gasteiger partial charge in [0.05, 0.1) is 25.7 Å². The van der Waals surface area contributed by atoms with Gasteiger partial charge in [0.2, 0.25) is 0 Å². The minimum absolute atomic E-state index is 0.243. The molecule has 102 valence electrons. The van der Waals surface area contributed by atoms with Gasteiger partial charge in [-0.1, -0.05) is 6.92 Å². The van der Waals surface area contributed by atoms with Crippen LogP contribution in [0.3, 0.4) is 0 Å². The van der Waals surface area contributed by atoms with Gasteiger partial charge < -0.3 is 14.6 Å². The number of anilines is 1. The molecule has 1 aromatic carbocycles. The molecule has 4 nitrogen and oxygen atoms in total. The summed E-state index contributed by atoms with van der Waals surface area (Å²) in [5.74, 6) is -0.115. The standard InChI is InChI=1S/C14H18FN3O/c1-3-6-18-10-16-8-12(18)9-17-11-4-5-13(15)14(7-11)19-2/h4-5,7-8,10,17H,3,6,9H2,1-2H3. The quantitative estimate of drug-likeness (QED) is 0.870. The van der Waals surface area contributed by atoms with Crippen molar-refractivity contribution < 1.29 is 9.13 Å². The molecule has 0 aliphatic carbocycles. The van der Waals surface area contributed by atoms with E-state index < -0.39 is 0 Å². The summed E-state index contributed by atoms with van der Waals surface area (Å²) in [7, 11) is 1.46. The highest BCUT2D eigenvalue weighted by Gasteiger charge is 2.05. The zero-order valence-electron chi connectivity index (χ0n) is 11.2. The van der Waals surface area contributed by atoms with Gasteiger partial charge in [-0.2, -0.15) is 0 Å². The summed E-state index contributed by atoms with van der Waals surface area (Å²) in [6.07, 6.45) is 4.73. The third-order valence-electron chi connectivity index (χ3n) is 2.89. The molecule has 0 radical (unpaired) electrons. The van der Waals surface area contributed by atoms with E-state index in [0.29, 0.717) is 6.54 Å². The number of aromatic nitrogens is 2. The van der Waals surface area contributed by atoms with Crippen molar-refractivity contribution in [3.63, 3.8) is 0 Å². The first kappa shape index (κ1) is 13.4. The van der Waals surface area contributed by atoms with Crippen LogP contribution in [0.25, 0.3) is 0 Å². The number of ether oxygens (including phenoxy) is 1. The van der Waals surface area contributed by atoms with Gasteiger partial charge in [0.15, 0.2) is 11.6 Å². The summed E-state index contributed by atoms with van der Waals surface area (Å²) in [5.41, 5.74) is 1.92. The number of benzene rings is 1. The van der Waals surface area contributed by atoms with Gasteiger partial charge in [-0.15, -0.1) is 0 Å². The minimum atomic E-state index is -0.357. The Bertz CT molecular complexity index is 539. The van der Waals surface area contributed by atoms with E-state index in [-0.39, 0.29) is 11.6 Å². The van der Waals surface area contributed by atoms with Crippen molar-refractivity contribution in [2.45, 2.75) is 26.4 Å². The van der Waals surface area contributed by atoms with E-state index >= 15 is 0 Å². The maximum absolute atomic E-state index is 13.3. The Morgan fingerprint density at radius 3 is 3.00 bits per heavy atom. The molecule has 0 saturated heterocycles. The Morgan fingerprint density at radius 1 is 1.42 bits per heavy atom. The monoisotopic (exact) mass is 263 g/mol. The van der Waals surface area contributed by atoms with Crippen molar-refractivity contribution in [1.82, 2.24) is 9.55 Å². The topological polar surface area (TPSA) is 39.1 Å². The molecule has 0 saturated carbocycles. The molecule has 0 atom stereocenters. The van der Waals surface area contributed by atoms with Crippen molar-refractivity contribution >= 4 is 5.69 Å². The van der Waals surface area contributed by atoms with Gasteiger partial charge in [-0.05, 0) is 18.6 Å². The summed E-state index contributed by atoms with van der Waals surface area (Å²) in [6, 6.07) is 4.73. The van der Waals surface area contributed by atoms with E-state index in [2.05, 4.69) is 21.8 Å². The van der Waals surface area contributed by atoms with Crippen molar-refractivity contribution in [1.29, 1.82) is 0 Å². The minimum Gasteiger partial charge on any atom is -0.494 e. The molecule has 1 N–H and O–H groups in total. The van der Waals surface area contributed by atoms with Gasteiger partial charge in [0.1, 0.15) is 0 Å². The molecule has 0 unspecified atom stereocenters. The number of nitrogens with zero attached hydrogens (tertiary/aromatic N) is 2. The van der Waals surface area contributed by atoms with E-state index in [4.69, 9.17) is 4.74 Å². The number of methoxy groups -OCH3 is 1. The van der Waals surface area contributed by atoms with Gasteiger partial charge in [-0.3, -0.25) is 0 Å². The molecule has 1 heterocycles. The molecule has 0 aliphatic rings. The van der Waals surface area contributed by atoms with Crippen LogP contribution in [0.2, 0.25) is 0 Å². The molecular formula is C14H18FN3O. The molecule has 1 aromatic heterocycles. The van der Waals surface area contributed by atoms with Crippen LogP contribution in [0.15, 0.2) is 30.7 Å². The van der Waals surface area contributed by atoms with E-state index in [1.54, 1.807) is 12.1 Å². The first-order chi connectivity index (χ1) is 9.24. The molecule has 2 aromatic rings. The first-order valence-electron chi connectivity index (χ1n) is 6.31. The fourth-order valence-electron chi connectivity index (χ4n) is 1.90. The molecule has 0 amide bonds. The van der Waals surface area contributed by atoms with Crippen molar-refractivity contribution in [2.24, 2.45) is 0 Å². The Hall–Kier alpha value is -2.04. The highest BCUT2D eigenvalue weighted by molar-refractivity contribution is 5.48. The normalized spacial score (nSPS) is 10.5. The number of rotatable bonds is 6. The van der Waals surface area contributed by atoms with Crippen LogP contribution < -0.4 is 10.1 Å². The third-order valence-corrected chi connectivity index (χ3v) is 2.89. The average Bonchev–Trinajstić information content (AvgIpc) is 2.86. The van der Waals surface area contributed by atoms with Crippen molar-refractivity contribution in [3.05, 3.63) is 42.2 Å². The number of hydrogen-bond acceptors (Lipinski definition) is 3. The molecular weight excluding hydrogens is 245 g/mol. The zero-order valence-corrected chi connectivity index (χ0v) is 11.2. The molecule has 5 heteroatoms. The fourth-order valence-corrected chi connectivity index (χ4v) is 1.90. The third kappa shape index (κ3) is 3.24. The van der Waals surface area contributed by atoms with Crippen LogP contribution >= 0.6 is 0 Å². The predicted octanol–water partition coefficient (Wildman–Crippen LogP) is 3.05.